The van der Waals surface area contributed by atoms with Gasteiger partial charge in [0.25, 0.3) is 11.7 Å². The van der Waals surface area contributed by atoms with Crippen LogP contribution in [0.2, 0.25) is 0 Å². The molecule has 2 saturated carbocycles. The van der Waals surface area contributed by atoms with E-state index in [9.17, 15) is 19.5 Å². The van der Waals surface area contributed by atoms with Gasteiger partial charge in [0.1, 0.15) is 12.3 Å². The molecular formula is C27H37N3O5. The van der Waals surface area contributed by atoms with Crippen LogP contribution < -0.4 is 4.74 Å². The molecule has 2 N–H and O–H groups in total. The fraction of sp³-hybridized carbons (Fsp3) is 0.593. The predicted molar refractivity (Wildman–Crippen MR) is 133 cm³/mol. The number of Topliss-reactive ketones (excluding diaryl/α,β-unsaturated/α-hetero) is 1. The minimum atomic E-state index is -0.767. The summed E-state index contributed by atoms with van der Waals surface area (Å²) in [5, 5.41) is 10.2. The highest BCUT2D eigenvalue weighted by molar-refractivity contribution is 6.45. The van der Waals surface area contributed by atoms with E-state index in [0.717, 1.165) is 51.4 Å². The van der Waals surface area contributed by atoms with Gasteiger partial charge in [0.2, 0.25) is 5.91 Å². The Kier molecular flexibility index (Phi) is 8.44. The number of aromatic amines is 1. The van der Waals surface area contributed by atoms with Crippen molar-refractivity contribution in [2.24, 2.45) is 0 Å². The van der Waals surface area contributed by atoms with Crippen molar-refractivity contribution in [1.29, 1.82) is 0 Å². The standard InChI is InChI=1S/C27H37N3O5/c1-35-21-12-13-22-23(17-28-24(22)16-21)26(33)27(34)29(14-15-31)18-25(32)30(19-8-4-2-5-9-19)20-10-6-3-7-11-20/h12-13,16-17,19-20,28,31H,2-11,14-15,18H2,1H3. The normalized spacial score (nSPS) is 17.3. The van der Waals surface area contributed by atoms with E-state index in [-0.39, 0.29) is 43.3 Å². The molecule has 0 unspecified atom stereocenters. The first-order valence-corrected chi connectivity index (χ1v) is 12.9. The third-order valence-corrected chi connectivity index (χ3v) is 7.54. The summed E-state index contributed by atoms with van der Waals surface area (Å²) in [4.78, 5) is 46.4. The van der Waals surface area contributed by atoms with E-state index in [1.54, 1.807) is 25.3 Å². The molecule has 0 radical (unpaired) electrons. The molecule has 8 heteroatoms. The Labute approximate surface area is 206 Å². The number of aliphatic hydroxyl groups is 1. The van der Waals surface area contributed by atoms with Gasteiger partial charge in [-0.2, -0.15) is 0 Å². The van der Waals surface area contributed by atoms with Gasteiger partial charge in [-0.1, -0.05) is 38.5 Å². The average molecular weight is 484 g/mol. The molecule has 8 nitrogen and oxygen atoms in total. The minimum absolute atomic E-state index is 0.0599. The van der Waals surface area contributed by atoms with Crippen LogP contribution in [0.15, 0.2) is 24.4 Å². The Morgan fingerprint density at radius 1 is 1.00 bits per heavy atom. The summed E-state index contributed by atoms with van der Waals surface area (Å²) in [5.74, 6) is -0.925. The molecule has 1 aromatic carbocycles. The van der Waals surface area contributed by atoms with Crippen LogP contribution in [0.3, 0.4) is 0 Å². The van der Waals surface area contributed by atoms with Crippen molar-refractivity contribution in [1.82, 2.24) is 14.8 Å². The lowest BCUT2D eigenvalue weighted by Crippen LogP contribution is -2.53. The zero-order valence-electron chi connectivity index (χ0n) is 20.6. The summed E-state index contributed by atoms with van der Waals surface area (Å²) in [6.07, 6.45) is 12.3. The number of aromatic nitrogens is 1. The summed E-state index contributed by atoms with van der Waals surface area (Å²) >= 11 is 0. The minimum Gasteiger partial charge on any atom is -0.497 e. The summed E-state index contributed by atoms with van der Waals surface area (Å²) in [5.41, 5.74) is 0.936. The zero-order chi connectivity index (χ0) is 24.8. The van der Waals surface area contributed by atoms with Crippen LogP contribution in [0.1, 0.15) is 74.6 Å². The maximum Gasteiger partial charge on any atom is 0.295 e. The number of benzene rings is 1. The average Bonchev–Trinajstić information content (AvgIpc) is 3.32. The van der Waals surface area contributed by atoms with E-state index in [1.807, 2.05) is 4.90 Å². The van der Waals surface area contributed by atoms with Crippen molar-refractivity contribution >= 4 is 28.5 Å². The number of hydrogen-bond acceptors (Lipinski definition) is 5. The van der Waals surface area contributed by atoms with Crippen LogP contribution >= 0.6 is 0 Å². The fourth-order valence-corrected chi connectivity index (χ4v) is 5.72. The quantitative estimate of drug-likeness (QED) is 0.418. The largest absolute Gasteiger partial charge is 0.497 e. The second kappa shape index (κ2) is 11.7. The molecule has 2 aromatic rings. The van der Waals surface area contributed by atoms with Gasteiger partial charge in [-0.25, -0.2) is 0 Å². The number of aliphatic hydroxyl groups excluding tert-OH is 1. The highest BCUT2D eigenvalue weighted by Crippen LogP contribution is 2.30. The van der Waals surface area contributed by atoms with Gasteiger partial charge in [-0.05, 0) is 37.8 Å². The van der Waals surface area contributed by atoms with Gasteiger partial charge >= 0.3 is 0 Å². The topological polar surface area (TPSA) is 103 Å². The summed E-state index contributed by atoms with van der Waals surface area (Å²) in [6, 6.07) is 5.63. The van der Waals surface area contributed by atoms with Crippen molar-refractivity contribution < 1.29 is 24.2 Å². The third-order valence-electron chi connectivity index (χ3n) is 7.54. The molecule has 0 bridgehead atoms. The number of carbonyl (C=O) groups is 3. The molecule has 35 heavy (non-hydrogen) atoms. The lowest BCUT2D eigenvalue weighted by molar-refractivity contribution is -0.143. The number of ketones is 1. The lowest BCUT2D eigenvalue weighted by Gasteiger charge is -2.42. The molecule has 0 spiro atoms. The first kappa shape index (κ1) is 25.2. The molecule has 190 valence electrons. The van der Waals surface area contributed by atoms with E-state index < -0.39 is 11.7 Å². The van der Waals surface area contributed by atoms with Gasteiger partial charge in [-0.15, -0.1) is 0 Å². The van der Waals surface area contributed by atoms with Crippen LogP contribution in [0.4, 0.5) is 0 Å². The number of methoxy groups -OCH3 is 1. The van der Waals surface area contributed by atoms with Crippen molar-refractivity contribution in [3.05, 3.63) is 30.0 Å². The van der Waals surface area contributed by atoms with Gasteiger partial charge in [0, 0.05) is 41.8 Å². The predicted octanol–water partition coefficient (Wildman–Crippen LogP) is 3.67. The molecule has 1 aromatic heterocycles. The van der Waals surface area contributed by atoms with Crippen LogP contribution in [-0.4, -0.2) is 76.4 Å². The molecule has 2 aliphatic rings. The van der Waals surface area contributed by atoms with Gasteiger partial charge in [-0.3, -0.25) is 14.4 Å². The number of hydrogen-bond donors (Lipinski definition) is 2. The molecule has 2 aliphatic carbocycles. The van der Waals surface area contributed by atoms with Crippen molar-refractivity contribution in [3.63, 3.8) is 0 Å². The highest BCUT2D eigenvalue weighted by atomic mass is 16.5. The van der Waals surface area contributed by atoms with Crippen molar-refractivity contribution in [2.45, 2.75) is 76.3 Å². The zero-order valence-corrected chi connectivity index (χ0v) is 20.6. The number of ether oxygens (including phenoxy) is 1. The second-order valence-electron chi connectivity index (χ2n) is 9.78. The van der Waals surface area contributed by atoms with Crippen LogP contribution in [0.25, 0.3) is 10.9 Å². The monoisotopic (exact) mass is 483 g/mol. The second-order valence-corrected chi connectivity index (χ2v) is 9.78. The van der Waals surface area contributed by atoms with Crippen LogP contribution in [-0.2, 0) is 9.59 Å². The molecule has 4 rings (SSSR count). The Morgan fingerprint density at radius 3 is 2.20 bits per heavy atom. The van der Waals surface area contributed by atoms with Crippen molar-refractivity contribution in [3.8, 4) is 5.75 Å². The SMILES string of the molecule is COc1ccc2c(C(=O)C(=O)N(CCO)CC(=O)N(C3CCCCC3)C3CCCCC3)c[nH]c2c1. The van der Waals surface area contributed by atoms with Crippen molar-refractivity contribution in [2.75, 3.05) is 26.8 Å². The number of H-pyrrole nitrogens is 1. The lowest BCUT2D eigenvalue weighted by atomic mass is 9.88. The Bertz CT molecular complexity index is 1020. The van der Waals surface area contributed by atoms with Crippen LogP contribution in [0, 0.1) is 0 Å². The first-order chi connectivity index (χ1) is 17.0. The number of fused-ring (bicyclic) bond motifs is 1. The Hall–Kier alpha value is -2.87. The number of nitrogens with one attached hydrogen (secondary N) is 1. The van der Waals surface area contributed by atoms with Gasteiger partial charge < -0.3 is 24.6 Å². The number of rotatable bonds is 9. The van der Waals surface area contributed by atoms with Gasteiger partial charge in [0.05, 0.1) is 19.3 Å². The molecule has 0 aliphatic heterocycles. The smallest absolute Gasteiger partial charge is 0.295 e. The van der Waals surface area contributed by atoms with E-state index in [2.05, 4.69) is 4.98 Å². The maximum atomic E-state index is 13.6. The first-order valence-electron chi connectivity index (χ1n) is 12.9. The van der Waals surface area contributed by atoms with E-state index in [1.165, 1.54) is 23.9 Å². The molecule has 2 amide bonds. The van der Waals surface area contributed by atoms with E-state index in [0.29, 0.717) is 16.7 Å². The van der Waals surface area contributed by atoms with E-state index in [4.69, 9.17) is 4.74 Å². The molecule has 1 heterocycles. The molecule has 0 saturated heterocycles. The van der Waals surface area contributed by atoms with Gasteiger partial charge in [0.15, 0.2) is 0 Å². The molecule has 0 atom stereocenters. The Morgan fingerprint density at radius 2 is 1.63 bits per heavy atom. The number of amides is 2. The van der Waals surface area contributed by atoms with E-state index >= 15 is 0 Å². The molecular weight excluding hydrogens is 446 g/mol. The number of nitrogens with zero attached hydrogens (tertiary/aromatic N) is 2. The molecule has 2 fully saturated rings. The Balaban J connectivity index is 1.53. The summed E-state index contributed by atoms with van der Waals surface area (Å²) in [7, 11) is 1.56. The summed E-state index contributed by atoms with van der Waals surface area (Å²) < 4.78 is 5.23. The highest BCUT2D eigenvalue weighted by Gasteiger charge is 2.35. The van der Waals surface area contributed by atoms with Crippen LogP contribution in [0.5, 0.6) is 5.75 Å². The maximum absolute atomic E-state index is 13.6. The third kappa shape index (κ3) is 5.69. The summed E-state index contributed by atoms with van der Waals surface area (Å²) in [6.45, 7) is -0.561. The number of carbonyl (C=O) groups excluding carboxylic acids is 3. The fourth-order valence-electron chi connectivity index (χ4n) is 5.72.